The highest BCUT2D eigenvalue weighted by molar-refractivity contribution is 6.13. The van der Waals surface area contributed by atoms with Crippen LogP contribution in [0, 0.1) is 17.8 Å². The molecule has 1 spiro atoms. The molecule has 260 valence electrons. The zero-order chi connectivity index (χ0) is 35.5. The summed E-state index contributed by atoms with van der Waals surface area (Å²) in [6.07, 6.45) is 9.09. The molecule has 0 radical (unpaired) electrons. The molecule has 1 saturated carbocycles. The summed E-state index contributed by atoms with van der Waals surface area (Å²) in [6, 6.07) is 28.8. The number of hydrogen-bond donors (Lipinski definition) is 0. The van der Waals surface area contributed by atoms with Gasteiger partial charge in [0.05, 0.1) is 19.9 Å². The van der Waals surface area contributed by atoms with Crippen molar-refractivity contribution < 1.29 is 14.2 Å². The molecule has 1 fully saturated rings. The standard InChI is InChI=1S/C47H49NO3/c1-29-13-15-30(16-14-29)47(31-17-19-32(49-7)20-18-31)23-21-35-41-40(39-34-22-24-48(6)42(34)38(50-8)25-36(39)43(35)51-47)33-11-9-10-12-37(33)46(41)27-44(2,3)26-45(4,5)28-46/h9-21,23,25H,22,24,26-28H2,1-8H3. The molecule has 51 heavy (non-hydrogen) atoms. The number of rotatable bonds is 4. The van der Waals surface area contributed by atoms with Crippen molar-refractivity contribution in [3.05, 3.63) is 124 Å². The predicted octanol–water partition coefficient (Wildman–Crippen LogP) is 11.0. The van der Waals surface area contributed by atoms with E-state index in [-0.39, 0.29) is 16.2 Å². The van der Waals surface area contributed by atoms with Crippen molar-refractivity contribution in [1.82, 2.24) is 0 Å². The van der Waals surface area contributed by atoms with Crippen LogP contribution < -0.4 is 19.1 Å². The third kappa shape index (κ3) is 4.57. The smallest absolute Gasteiger partial charge is 0.178 e. The molecule has 0 bridgehead atoms. The molecule has 0 N–H and O–H groups in total. The molecule has 1 atom stereocenters. The molecule has 5 aromatic carbocycles. The Morgan fingerprint density at radius 3 is 2.12 bits per heavy atom. The van der Waals surface area contributed by atoms with Crippen molar-refractivity contribution in [3.8, 4) is 28.4 Å². The maximum Gasteiger partial charge on any atom is 0.178 e. The van der Waals surface area contributed by atoms with E-state index >= 15 is 0 Å². The number of anilines is 1. The summed E-state index contributed by atoms with van der Waals surface area (Å²) in [5, 5.41) is 2.46. The fourth-order valence-electron chi connectivity index (χ4n) is 11.2. The highest BCUT2D eigenvalue weighted by atomic mass is 16.5. The first kappa shape index (κ1) is 32.2. The van der Waals surface area contributed by atoms with Crippen LogP contribution in [0.1, 0.15) is 85.9 Å². The van der Waals surface area contributed by atoms with Crippen LogP contribution in [-0.4, -0.2) is 27.8 Å². The number of fused-ring (bicyclic) bond motifs is 12. The number of ether oxygens (including phenoxy) is 3. The molecule has 4 nitrogen and oxygen atoms in total. The first-order valence-electron chi connectivity index (χ1n) is 18.6. The number of aryl methyl sites for hydroxylation is 1. The number of methoxy groups -OCH3 is 2. The van der Waals surface area contributed by atoms with E-state index in [0.29, 0.717) is 0 Å². The molecular formula is C47H49NO3. The van der Waals surface area contributed by atoms with Crippen LogP contribution in [0.4, 0.5) is 5.69 Å². The Kier molecular flexibility index (Phi) is 6.89. The maximum absolute atomic E-state index is 7.77. The minimum absolute atomic E-state index is 0.148. The molecular weight excluding hydrogens is 627 g/mol. The molecule has 9 rings (SSSR count). The lowest BCUT2D eigenvalue weighted by atomic mass is 9.52. The average Bonchev–Trinajstić information content (AvgIpc) is 3.62. The van der Waals surface area contributed by atoms with Crippen molar-refractivity contribution in [3.63, 3.8) is 0 Å². The topological polar surface area (TPSA) is 30.9 Å². The van der Waals surface area contributed by atoms with Gasteiger partial charge in [0.15, 0.2) is 5.60 Å². The number of likely N-dealkylation sites (N-methyl/N-ethyl adjacent to an activating group) is 1. The highest BCUT2D eigenvalue weighted by Gasteiger charge is 2.56. The van der Waals surface area contributed by atoms with Gasteiger partial charge in [-0.2, -0.15) is 0 Å². The highest BCUT2D eigenvalue weighted by Crippen LogP contribution is 2.67. The first-order chi connectivity index (χ1) is 24.4. The van der Waals surface area contributed by atoms with Crippen molar-refractivity contribution >= 4 is 22.5 Å². The number of benzene rings is 5. The van der Waals surface area contributed by atoms with E-state index < -0.39 is 5.60 Å². The summed E-state index contributed by atoms with van der Waals surface area (Å²) in [5.41, 5.74) is 12.2. The number of hydrogen-bond acceptors (Lipinski definition) is 4. The van der Waals surface area contributed by atoms with Crippen LogP contribution in [0.2, 0.25) is 0 Å². The van der Waals surface area contributed by atoms with Gasteiger partial charge in [-0.05, 0) is 101 Å². The fraction of sp³-hybridized carbons (Fsp3) is 0.362. The lowest BCUT2D eigenvalue weighted by Gasteiger charge is -2.52. The molecule has 0 saturated heterocycles. The molecule has 0 amide bonds. The van der Waals surface area contributed by atoms with Gasteiger partial charge in [-0.1, -0.05) is 100.0 Å². The van der Waals surface area contributed by atoms with Crippen LogP contribution >= 0.6 is 0 Å². The summed E-state index contributed by atoms with van der Waals surface area (Å²) in [5.74, 6) is 2.68. The van der Waals surface area contributed by atoms with E-state index in [1.807, 2.05) is 12.1 Å². The van der Waals surface area contributed by atoms with Crippen LogP contribution in [0.5, 0.6) is 17.2 Å². The molecule has 1 unspecified atom stereocenters. The average molecular weight is 676 g/mol. The van der Waals surface area contributed by atoms with Crippen LogP contribution in [0.25, 0.3) is 28.0 Å². The van der Waals surface area contributed by atoms with Gasteiger partial charge in [0.25, 0.3) is 0 Å². The molecule has 2 aliphatic carbocycles. The van der Waals surface area contributed by atoms with Gasteiger partial charge in [-0.3, -0.25) is 0 Å². The van der Waals surface area contributed by atoms with Crippen molar-refractivity contribution in [2.75, 3.05) is 32.7 Å². The van der Waals surface area contributed by atoms with E-state index in [4.69, 9.17) is 14.2 Å². The summed E-state index contributed by atoms with van der Waals surface area (Å²) in [4.78, 5) is 2.37. The van der Waals surface area contributed by atoms with E-state index in [1.165, 1.54) is 56.4 Å². The minimum Gasteiger partial charge on any atom is -0.497 e. The minimum atomic E-state index is -0.846. The molecule has 2 aliphatic heterocycles. The predicted molar refractivity (Wildman–Crippen MR) is 210 cm³/mol. The van der Waals surface area contributed by atoms with E-state index in [2.05, 4.69) is 125 Å². The van der Waals surface area contributed by atoms with E-state index in [9.17, 15) is 0 Å². The molecule has 5 aromatic rings. The van der Waals surface area contributed by atoms with Crippen molar-refractivity contribution in [1.29, 1.82) is 0 Å². The third-order valence-electron chi connectivity index (χ3n) is 12.4. The van der Waals surface area contributed by atoms with Crippen LogP contribution in [0.3, 0.4) is 0 Å². The number of nitrogens with zero attached hydrogens (tertiary/aromatic N) is 1. The van der Waals surface area contributed by atoms with Gasteiger partial charge in [0.1, 0.15) is 17.2 Å². The lowest BCUT2D eigenvalue weighted by molar-refractivity contribution is 0.0642. The Hall–Kier alpha value is -4.70. The van der Waals surface area contributed by atoms with Crippen LogP contribution in [0.15, 0.2) is 84.9 Å². The summed E-state index contributed by atoms with van der Waals surface area (Å²) >= 11 is 0. The second-order valence-electron chi connectivity index (χ2n) is 17.2. The fourth-order valence-corrected chi connectivity index (χ4v) is 11.2. The zero-order valence-corrected chi connectivity index (χ0v) is 31.4. The van der Waals surface area contributed by atoms with E-state index in [1.54, 1.807) is 14.2 Å². The van der Waals surface area contributed by atoms with E-state index in [0.717, 1.165) is 59.6 Å². The maximum atomic E-state index is 7.77. The van der Waals surface area contributed by atoms with Gasteiger partial charge in [-0.15, -0.1) is 0 Å². The molecule has 2 heterocycles. The SMILES string of the molecule is COc1ccc(C2(c3ccc(C)cc3)C=Cc3c4c(c5c6c(c(OC)cc5c3O2)N(C)CC6)-c2ccccc2C42CC(C)(C)CC(C)(C)C2)cc1. The van der Waals surface area contributed by atoms with Gasteiger partial charge >= 0.3 is 0 Å². The first-order valence-corrected chi connectivity index (χ1v) is 18.6. The Morgan fingerprint density at radius 1 is 0.784 bits per heavy atom. The Labute approximate surface area is 303 Å². The second kappa shape index (κ2) is 10.9. The Balaban J connectivity index is 1.43. The van der Waals surface area contributed by atoms with Gasteiger partial charge in [0.2, 0.25) is 0 Å². The Morgan fingerprint density at radius 2 is 1.45 bits per heavy atom. The van der Waals surface area contributed by atoms with Crippen molar-refractivity contribution in [2.45, 2.75) is 71.3 Å². The largest absolute Gasteiger partial charge is 0.497 e. The van der Waals surface area contributed by atoms with Gasteiger partial charge < -0.3 is 19.1 Å². The summed E-state index contributed by atoms with van der Waals surface area (Å²) in [7, 11) is 5.72. The van der Waals surface area contributed by atoms with Gasteiger partial charge in [-0.25, -0.2) is 0 Å². The molecule has 0 aromatic heterocycles. The van der Waals surface area contributed by atoms with Gasteiger partial charge in [0, 0.05) is 41.1 Å². The Bertz CT molecular complexity index is 2240. The summed E-state index contributed by atoms with van der Waals surface area (Å²) < 4.78 is 19.6. The quantitative estimate of drug-likeness (QED) is 0.190. The van der Waals surface area contributed by atoms with Crippen molar-refractivity contribution in [2.24, 2.45) is 10.8 Å². The second-order valence-corrected chi connectivity index (χ2v) is 17.2. The zero-order valence-electron chi connectivity index (χ0n) is 31.4. The molecule has 4 aliphatic rings. The lowest BCUT2D eigenvalue weighted by Crippen LogP contribution is -2.44. The summed E-state index contributed by atoms with van der Waals surface area (Å²) in [6.45, 7) is 13.0. The molecule has 4 heteroatoms. The monoisotopic (exact) mass is 675 g/mol. The van der Waals surface area contributed by atoms with Crippen LogP contribution in [-0.2, 0) is 17.4 Å². The normalized spacial score (nSPS) is 21.5. The third-order valence-corrected chi connectivity index (χ3v) is 12.4.